The van der Waals surface area contributed by atoms with Crippen molar-refractivity contribution in [1.29, 1.82) is 0 Å². The van der Waals surface area contributed by atoms with Crippen LogP contribution >= 0.6 is 0 Å². The average Bonchev–Trinajstić information content (AvgIpc) is 3.19. The molecule has 0 spiro atoms. The molecule has 0 bridgehead atoms. The zero-order chi connectivity index (χ0) is 15.8. The maximum Gasteiger partial charge on any atom is 0.164 e. The Balaban J connectivity index is 1.81. The zero-order valence-electron chi connectivity index (χ0n) is 12.5. The van der Waals surface area contributed by atoms with E-state index in [4.69, 9.17) is 4.42 Å². The van der Waals surface area contributed by atoms with Gasteiger partial charge in [0.2, 0.25) is 0 Å². The molecule has 0 atom stereocenters. The minimum absolute atomic E-state index is 0.252. The van der Waals surface area contributed by atoms with E-state index >= 15 is 0 Å². The first-order chi connectivity index (χ1) is 11.2. The lowest BCUT2D eigenvalue weighted by Gasteiger charge is -2.06. The summed E-state index contributed by atoms with van der Waals surface area (Å²) in [5, 5.41) is 9.38. The van der Waals surface area contributed by atoms with Crippen LogP contribution in [0.2, 0.25) is 0 Å². The fraction of sp³-hybridized carbons (Fsp3) is 0.118. The second kappa shape index (κ2) is 5.24. The SMILES string of the molecule is Cc1nc(-c2ccco2)c2ncn(Cc3ccc(O)cc3)c2n1. The van der Waals surface area contributed by atoms with Crippen molar-refractivity contribution in [1.82, 2.24) is 19.5 Å². The molecule has 0 saturated heterocycles. The molecule has 1 N–H and O–H groups in total. The van der Waals surface area contributed by atoms with Crippen molar-refractivity contribution < 1.29 is 9.52 Å². The number of aromatic nitrogens is 4. The van der Waals surface area contributed by atoms with Crippen molar-refractivity contribution >= 4 is 11.2 Å². The molecule has 0 amide bonds. The van der Waals surface area contributed by atoms with Crippen molar-refractivity contribution in [3.63, 3.8) is 0 Å². The molecule has 4 rings (SSSR count). The van der Waals surface area contributed by atoms with Gasteiger partial charge in [0.25, 0.3) is 0 Å². The van der Waals surface area contributed by atoms with Gasteiger partial charge in [-0.3, -0.25) is 0 Å². The number of hydrogen-bond donors (Lipinski definition) is 1. The first-order valence-electron chi connectivity index (χ1n) is 7.22. The van der Waals surface area contributed by atoms with Gasteiger partial charge >= 0.3 is 0 Å². The number of rotatable bonds is 3. The summed E-state index contributed by atoms with van der Waals surface area (Å²) >= 11 is 0. The fourth-order valence-corrected chi connectivity index (χ4v) is 2.55. The van der Waals surface area contributed by atoms with E-state index in [1.54, 1.807) is 24.7 Å². The Morgan fingerprint density at radius 3 is 2.70 bits per heavy atom. The molecule has 0 saturated carbocycles. The van der Waals surface area contributed by atoms with Crippen molar-refractivity contribution in [2.24, 2.45) is 0 Å². The number of nitrogens with zero attached hydrogens (tertiary/aromatic N) is 4. The molecule has 4 aromatic rings. The number of benzene rings is 1. The molecule has 0 radical (unpaired) electrons. The highest BCUT2D eigenvalue weighted by Gasteiger charge is 2.15. The topological polar surface area (TPSA) is 77.0 Å². The van der Waals surface area contributed by atoms with Gasteiger partial charge in [0, 0.05) is 0 Å². The molecule has 0 fully saturated rings. The van der Waals surface area contributed by atoms with Gasteiger partial charge in [-0.25, -0.2) is 15.0 Å². The van der Waals surface area contributed by atoms with Crippen LogP contribution in [0.5, 0.6) is 5.75 Å². The van der Waals surface area contributed by atoms with Crippen LogP contribution in [0, 0.1) is 6.92 Å². The number of furan rings is 1. The predicted molar refractivity (Wildman–Crippen MR) is 85.0 cm³/mol. The van der Waals surface area contributed by atoms with E-state index in [2.05, 4.69) is 15.0 Å². The van der Waals surface area contributed by atoms with Gasteiger partial charge < -0.3 is 14.1 Å². The minimum Gasteiger partial charge on any atom is -0.508 e. The third-order valence-corrected chi connectivity index (χ3v) is 3.62. The van der Waals surface area contributed by atoms with Crippen molar-refractivity contribution in [3.8, 4) is 17.2 Å². The third-order valence-electron chi connectivity index (χ3n) is 3.62. The summed E-state index contributed by atoms with van der Waals surface area (Å²) < 4.78 is 7.42. The van der Waals surface area contributed by atoms with Crippen LogP contribution in [0.4, 0.5) is 0 Å². The van der Waals surface area contributed by atoms with E-state index in [0.29, 0.717) is 29.3 Å². The Labute approximate surface area is 132 Å². The van der Waals surface area contributed by atoms with Crippen LogP contribution in [-0.2, 0) is 6.54 Å². The molecule has 0 aliphatic rings. The first-order valence-corrected chi connectivity index (χ1v) is 7.22. The van der Waals surface area contributed by atoms with E-state index in [9.17, 15) is 5.11 Å². The van der Waals surface area contributed by atoms with Crippen LogP contribution in [0.1, 0.15) is 11.4 Å². The highest BCUT2D eigenvalue weighted by Crippen LogP contribution is 2.25. The number of imidazole rings is 1. The molecule has 1 aromatic carbocycles. The minimum atomic E-state index is 0.252. The van der Waals surface area contributed by atoms with E-state index in [0.717, 1.165) is 11.2 Å². The van der Waals surface area contributed by atoms with E-state index in [1.165, 1.54) is 0 Å². The molecule has 0 unspecified atom stereocenters. The number of aromatic hydroxyl groups is 1. The molecule has 6 heteroatoms. The van der Waals surface area contributed by atoms with Gasteiger partial charge in [0.15, 0.2) is 11.4 Å². The predicted octanol–water partition coefficient (Wildman–Crippen LogP) is 3.15. The maximum absolute atomic E-state index is 9.38. The van der Waals surface area contributed by atoms with Crippen LogP contribution in [0.3, 0.4) is 0 Å². The molecule has 114 valence electrons. The number of aryl methyl sites for hydroxylation is 1. The highest BCUT2D eigenvalue weighted by molar-refractivity contribution is 5.85. The first kappa shape index (κ1) is 13.5. The summed E-state index contributed by atoms with van der Waals surface area (Å²) in [6.07, 6.45) is 3.37. The average molecular weight is 306 g/mol. The molecule has 23 heavy (non-hydrogen) atoms. The van der Waals surface area contributed by atoms with Crippen LogP contribution in [0.15, 0.2) is 53.4 Å². The zero-order valence-corrected chi connectivity index (χ0v) is 12.5. The van der Waals surface area contributed by atoms with Crippen molar-refractivity contribution in [3.05, 3.63) is 60.4 Å². The lowest BCUT2D eigenvalue weighted by Crippen LogP contribution is -2.01. The number of hydrogen-bond acceptors (Lipinski definition) is 5. The third kappa shape index (κ3) is 2.44. The van der Waals surface area contributed by atoms with Crippen molar-refractivity contribution in [2.45, 2.75) is 13.5 Å². The second-order valence-electron chi connectivity index (χ2n) is 5.31. The van der Waals surface area contributed by atoms with E-state index in [1.807, 2.05) is 35.8 Å². The summed E-state index contributed by atoms with van der Waals surface area (Å²) in [5.74, 6) is 1.59. The number of fused-ring (bicyclic) bond motifs is 1. The summed E-state index contributed by atoms with van der Waals surface area (Å²) in [4.78, 5) is 13.4. The van der Waals surface area contributed by atoms with Crippen LogP contribution in [-0.4, -0.2) is 24.6 Å². The Bertz CT molecular complexity index is 956. The number of phenolic OH excluding ortho intramolecular Hbond substituents is 1. The molecule has 6 nitrogen and oxygen atoms in total. The van der Waals surface area contributed by atoms with Gasteiger partial charge in [0.1, 0.15) is 22.8 Å². The van der Waals surface area contributed by atoms with Crippen LogP contribution < -0.4 is 0 Å². The van der Waals surface area contributed by atoms with Crippen molar-refractivity contribution in [2.75, 3.05) is 0 Å². The second-order valence-corrected chi connectivity index (χ2v) is 5.31. The molecule has 0 aliphatic heterocycles. The van der Waals surface area contributed by atoms with Gasteiger partial charge in [-0.1, -0.05) is 12.1 Å². The molecular formula is C17H14N4O2. The normalized spacial score (nSPS) is 11.2. The summed E-state index contributed by atoms with van der Waals surface area (Å²) in [7, 11) is 0. The lowest BCUT2D eigenvalue weighted by atomic mass is 10.2. The lowest BCUT2D eigenvalue weighted by molar-refractivity contribution is 0.475. The summed E-state index contributed by atoms with van der Waals surface area (Å²) in [5.41, 5.74) is 3.22. The monoisotopic (exact) mass is 306 g/mol. The Kier molecular flexibility index (Phi) is 3.08. The van der Waals surface area contributed by atoms with E-state index in [-0.39, 0.29) is 5.75 Å². The molecule has 3 aromatic heterocycles. The van der Waals surface area contributed by atoms with E-state index < -0.39 is 0 Å². The molecule has 3 heterocycles. The Hall–Kier alpha value is -3.15. The number of phenols is 1. The van der Waals surface area contributed by atoms with Crippen LogP contribution in [0.25, 0.3) is 22.6 Å². The summed E-state index contributed by atoms with van der Waals surface area (Å²) in [6, 6.07) is 10.8. The molecule has 0 aliphatic carbocycles. The van der Waals surface area contributed by atoms with Gasteiger partial charge in [-0.05, 0) is 36.8 Å². The maximum atomic E-state index is 9.38. The molecular weight excluding hydrogens is 292 g/mol. The quantitative estimate of drug-likeness (QED) is 0.629. The fourth-order valence-electron chi connectivity index (χ4n) is 2.55. The standard InChI is InChI=1S/C17H14N4O2/c1-11-19-15(14-3-2-8-23-14)16-17(20-11)21(10-18-16)9-12-4-6-13(22)7-5-12/h2-8,10,22H,9H2,1H3. The van der Waals surface area contributed by atoms with Gasteiger partial charge in [-0.15, -0.1) is 0 Å². The van der Waals surface area contributed by atoms with Gasteiger partial charge in [-0.2, -0.15) is 0 Å². The Morgan fingerprint density at radius 1 is 1.13 bits per heavy atom. The Morgan fingerprint density at radius 2 is 1.96 bits per heavy atom. The summed E-state index contributed by atoms with van der Waals surface area (Å²) in [6.45, 7) is 2.47. The largest absolute Gasteiger partial charge is 0.508 e. The van der Waals surface area contributed by atoms with Gasteiger partial charge in [0.05, 0.1) is 19.1 Å². The smallest absolute Gasteiger partial charge is 0.164 e. The highest BCUT2D eigenvalue weighted by atomic mass is 16.3.